The van der Waals surface area contributed by atoms with Gasteiger partial charge in [-0.3, -0.25) is 19.3 Å². The van der Waals surface area contributed by atoms with Crippen molar-refractivity contribution in [1.29, 1.82) is 0 Å². The van der Waals surface area contributed by atoms with Gasteiger partial charge in [-0.05, 0) is 48.0 Å². The third-order valence-corrected chi connectivity index (χ3v) is 4.85. The Morgan fingerprint density at radius 1 is 0.875 bits per heavy atom. The SMILES string of the molecule is O=C(COC(=O)c1ccc2c(c1)C(=O)N(Cc1ccccc1)C2=O)Nc1ccc(F)cc1. The minimum atomic E-state index is -0.816. The fourth-order valence-corrected chi connectivity index (χ4v) is 3.27. The largest absolute Gasteiger partial charge is 0.452 e. The first kappa shape index (κ1) is 20.9. The molecular weight excluding hydrogens is 415 g/mol. The van der Waals surface area contributed by atoms with Crippen LogP contribution >= 0.6 is 0 Å². The van der Waals surface area contributed by atoms with Crippen molar-refractivity contribution in [3.63, 3.8) is 0 Å². The number of carbonyl (C=O) groups excluding carboxylic acids is 4. The summed E-state index contributed by atoms with van der Waals surface area (Å²) < 4.78 is 17.9. The van der Waals surface area contributed by atoms with E-state index < -0.39 is 36.1 Å². The number of esters is 1. The third-order valence-electron chi connectivity index (χ3n) is 4.85. The lowest BCUT2D eigenvalue weighted by Crippen LogP contribution is -2.29. The number of anilines is 1. The molecule has 0 aliphatic carbocycles. The molecule has 8 heteroatoms. The molecule has 0 spiro atoms. The van der Waals surface area contributed by atoms with Crippen LogP contribution in [0.5, 0.6) is 0 Å². The van der Waals surface area contributed by atoms with Crippen LogP contribution < -0.4 is 5.32 Å². The summed E-state index contributed by atoms with van der Waals surface area (Å²) in [5.41, 5.74) is 1.51. The van der Waals surface area contributed by atoms with Crippen LogP contribution in [0.25, 0.3) is 0 Å². The number of hydrogen-bond acceptors (Lipinski definition) is 5. The van der Waals surface area contributed by atoms with Gasteiger partial charge in [0.1, 0.15) is 5.82 Å². The van der Waals surface area contributed by atoms with E-state index in [2.05, 4.69) is 5.32 Å². The highest BCUT2D eigenvalue weighted by Crippen LogP contribution is 2.26. The fourth-order valence-electron chi connectivity index (χ4n) is 3.27. The van der Waals surface area contributed by atoms with Gasteiger partial charge in [0.2, 0.25) is 0 Å². The molecule has 0 bridgehead atoms. The molecule has 160 valence electrons. The Kier molecular flexibility index (Phi) is 5.76. The molecule has 0 saturated heterocycles. The Labute approximate surface area is 182 Å². The molecule has 0 saturated carbocycles. The highest BCUT2D eigenvalue weighted by molar-refractivity contribution is 6.21. The van der Waals surface area contributed by atoms with Crippen LogP contribution in [0.4, 0.5) is 10.1 Å². The lowest BCUT2D eigenvalue weighted by atomic mass is 10.1. The van der Waals surface area contributed by atoms with Crippen LogP contribution in [-0.2, 0) is 16.1 Å². The van der Waals surface area contributed by atoms with Crippen molar-refractivity contribution in [2.24, 2.45) is 0 Å². The van der Waals surface area contributed by atoms with E-state index in [1.165, 1.54) is 42.5 Å². The maximum absolute atomic E-state index is 12.9. The predicted octanol–water partition coefficient (Wildman–Crippen LogP) is 3.42. The van der Waals surface area contributed by atoms with Crippen LogP contribution in [0.1, 0.15) is 36.6 Å². The van der Waals surface area contributed by atoms with Crippen LogP contribution in [0.3, 0.4) is 0 Å². The van der Waals surface area contributed by atoms with Gasteiger partial charge < -0.3 is 10.1 Å². The second-order valence-corrected chi connectivity index (χ2v) is 7.07. The minimum Gasteiger partial charge on any atom is -0.452 e. The van der Waals surface area contributed by atoms with E-state index in [4.69, 9.17) is 4.74 Å². The van der Waals surface area contributed by atoms with Crippen LogP contribution in [-0.4, -0.2) is 35.2 Å². The number of rotatable bonds is 6. The lowest BCUT2D eigenvalue weighted by Gasteiger charge is -2.13. The van der Waals surface area contributed by atoms with E-state index in [9.17, 15) is 23.6 Å². The van der Waals surface area contributed by atoms with Crippen molar-refractivity contribution in [2.45, 2.75) is 6.54 Å². The first-order chi connectivity index (χ1) is 15.4. The Morgan fingerprint density at radius 2 is 1.56 bits per heavy atom. The van der Waals surface area contributed by atoms with E-state index in [0.29, 0.717) is 5.69 Å². The average Bonchev–Trinajstić information content (AvgIpc) is 3.04. The van der Waals surface area contributed by atoms with Crippen molar-refractivity contribution in [1.82, 2.24) is 4.90 Å². The van der Waals surface area contributed by atoms with Gasteiger partial charge in [-0.1, -0.05) is 30.3 Å². The molecule has 1 aliphatic heterocycles. The molecule has 0 fully saturated rings. The predicted molar refractivity (Wildman–Crippen MR) is 112 cm³/mol. The number of carbonyl (C=O) groups is 4. The number of nitrogens with one attached hydrogen (secondary N) is 1. The van der Waals surface area contributed by atoms with Crippen molar-refractivity contribution in [2.75, 3.05) is 11.9 Å². The average molecular weight is 432 g/mol. The smallest absolute Gasteiger partial charge is 0.338 e. The highest BCUT2D eigenvalue weighted by Gasteiger charge is 2.36. The summed E-state index contributed by atoms with van der Waals surface area (Å²) in [4.78, 5) is 50.8. The molecule has 0 atom stereocenters. The third kappa shape index (κ3) is 4.39. The zero-order valence-corrected chi connectivity index (χ0v) is 16.7. The Morgan fingerprint density at radius 3 is 2.28 bits per heavy atom. The number of fused-ring (bicyclic) bond motifs is 1. The molecule has 3 aromatic rings. The quantitative estimate of drug-likeness (QED) is 0.476. The summed E-state index contributed by atoms with van der Waals surface area (Å²) in [5.74, 6) is -2.80. The van der Waals surface area contributed by atoms with Crippen molar-refractivity contribution in [3.05, 3.63) is 101 Å². The maximum atomic E-state index is 12.9. The molecule has 1 N–H and O–H groups in total. The molecule has 7 nitrogen and oxygen atoms in total. The molecule has 0 radical (unpaired) electrons. The molecule has 4 rings (SSSR count). The van der Waals surface area contributed by atoms with E-state index in [0.717, 1.165) is 10.5 Å². The molecule has 0 aromatic heterocycles. The van der Waals surface area contributed by atoms with E-state index in [1.807, 2.05) is 30.3 Å². The maximum Gasteiger partial charge on any atom is 0.338 e. The van der Waals surface area contributed by atoms with Gasteiger partial charge in [-0.2, -0.15) is 0 Å². The molecule has 1 aliphatic rings. The molecule has 1 heterocycles. The van der Waals surface area contributed by atoms with Crippen molar-refractivity contribution >= 4 is 29.4 Å². The Balaban J connectivity index is 1.40. The van der Waals surface area contributed by atoms with Crippen molar-refractivity contribution in [3.8, 4) is 0 Å². The summed E-state index contributed by atoms with van der Waals surface area (Å²) in [6, 6.07) is 18.3. The lowest BCUT2D eigenvalue weighted by molar-refractivity contribution is -0.119. The summed E-state index contributed by atoms with van der Waals surface area (Å²) in [5, 5.41) is 2.47. The second-order valence-electron chi connectivity index (χ2n) is 7.07. The normalized spacial score (nSPS) is 12.5. The van der Waals surface area contributed by atoms with Gasteiger partial charge in [-0.25, -0.2) is 9.18 Å². The van der Waals surface area contributed by atoms with E-state index in [1.54, 1.807) is 0 Å². The highest BCUT2D eigenvalue weighted by atomic mass is 19.1. The molecule has 0 unspecified atom stereocenters. The number of halogens is 1. The monoisotopic (exact) mass is 432 g/mol. The molecule has 3 aromatic carbocycles. The molecule has 32 heavy (non-hydrogen) atoms. The number of imide groups is 1. The van der Waals surface area contributed by atoms with Gasteiger partial charge in [0.05, 0.1) is 23.2 Å². The minimum absolute atomic E-state index is 0.0426. The van der Waals surface area contributed by atoms with Crippen LogP contribution in [0.2, 0.25) is 0 Å². The zero-order chi connectivity index (χ0) is 22.7. The number of nitrogens with zero attached hydrogens (tertiary/aromatic N) is 1. The molecular formula is C24H17FN2O5. The summed E-state index contributed by atoms with van der Waals surface area (Å²) in [7, 11) is 0. The van der Waals surface area contributed by atoms with Crippen LogP contribution in [0, 0.1) is 5.82 Å². The topological polar surface area (TPSA) is 92.8 Å². The van der Waals surface area contributed by atoms with Gasteiger partial charge in [0.25, 0.3) is 17.7 Å². The number of amides is 3. The second kappa shape index (κ2) is 8.81. The van der Waals surface area contributed by atoms with E-state index in [-0.39, 0.29) is 23.2 Å². The molecule has 3 amide bonds. The summed E-state index contributed by atoms with van der Waals surface area (Å²) in [6.45, 7) is -0.448. The number of hydrogen-bond donors (Lipinski definition) is 1. The van der Waals surface area contributed by atoms with Crippen LogP contribution in [0.15, 0.2) is 72.8 Å². The van der Waals surface area contributed by atoms with Gasteiger partial charge in [0, 0.05) is 5.69 Å². The fraction of sp³-hybridized carbons (Fsp3) is 0.0833. The standard InChI is InChI=1S/C24H17FN2O5/c25-17-7-9-18(10-8-17)26-21(28)14-32-24(31)16-6-11-19-20(12-16)23(30)27(22(19)29)13-15-4-2-1-3-5-15/h1-12H,13-14H2,(H,26,28). The summed E-state index contributed by atoms with van der Waals surface area (Å²) in [6.07, 6.45) is 0. The zero-order valence-electron chi connectivity index (χ0n) is 16.7. The first-order valence-corrected chi connectivity index (χ1v) is 9.69. The number of benzene rings is 3. The number of ether oxygens (including phenoxy) is 1. The van der Waals surface area contributed by atoms with Gasteiger partial charge >= 0.3 is 5.97 Å². The Bertz CT molecular complexity index is 1210. The Hall–Kier alpha value is -4.33. The van der Waals surface area contributed by atoms with E-state index >= 15 is 0 Å². The summed E-state index contributed by atoms with van der Waals surface area (Å²) >= 11 is 0. The van der Waals surface area contributed by atoms with Gasteiger partial charge in [0.15, 0.2) is 6.61 Å². The first-order valence-electron chi connectivity index (χ1n) is 9.69. The van der Waals surface area contributed by atoms with Gasteiger partial charge in [-0.15, -0.1) is 0 Å². The van der Waals surface area contributed by atoms with Crippen molar-refractivity contribution < 1.29 is 28.3 Å².